The molecule has 1 heterocycles. The third-order valence-electron chi connectivity index (χ3n) is 4.59. The molecule has 2 N–H and O–H groups in total. The lowest BCUT2D eigenvalue weighted by molar-refractivity contribution is -0.141. The van der Waals surface area contributed by atoms with Crippen LogP contribution in [0.4, 0.5) is 0 Å². The smallest absolute Gasteiger partial charge is 0.233 e. The number of likely N-dealkylation sites (tertiary alicyclic amines) is 1. The number of imide groups is 1. The van der Waals surface area contributed by atoms with Crippen molar-refractivity contribution in [2.75, 3.05) is 39.9 Å². The van der Waals surface area contributed by atoms with E-state index in [1.807, 2.05) is 13.8 Å². The van der Waals surface area contributed by atoms with Gasteiger partial charge in [-0.05, 0) is 5.92 Å². The molecule has 1 aliphatic heterocycles. The van der Waals surface area contributed by atoms with Gasteiger partial charge in [0, 0.05) is 33.0 Å². The Morgan fingerprint density at radius 3 is 2.64 bits per heavy atom. The van der Waals surface area contributed by atoms with E-state index in [9.17, 15) is 14.4 Å². The van der Waals surface area contributed by atoms with Crippen LogP contribution in [0.15, 0.2) is 0 Å². The maximum absolute atomic E-state index is 12.4. The zero-order valence-electron chi connectivity index (χ0n) is 15.5. The Hall–Kier alpha value is -1.51. The predicted molar refractivity (Wildman–Crippen MR) is 91.8 cm³/mol. The molecule has 1 aliphatic rings. The number of likely N-dealkylation sites (N-methyl/N-ethyl adjacent to an activating group) is 1. The summed E-state index contributed by atoms with van der Waals surface area (Å²) in [6, 6.07) is 0. The zero-order valence-corrected chi connectivity index (χ0v) is 15.5. The Morgan fingerprint density at radius 2 is 2.04 bits per heavy atom. The summed E-state index contributed by atoms with van der Waals surface area (Å²) >= 11 is 0. The fourth-order valence-corrected chi connectivity index (χ4v) is 3.04. The molecular formula is C17H31N3O5. The highest BCUT2D eigenvalue weighted by Crippen LogP contribution is 2.30. The van der Waals surface area contributed by atoms with Gasteiger partial charge in [0.25, 0.3) is 0 Å². The third kappa shape index (κ3) is 7.09. The van der Waals surface area contributed by atoms with E-state index < -0.39 is 0 Å². The molecule has 8 heteroatoms. The largest absolute Gasteiger partial charge is 0.379 e. The fraction of sp³-hybridized carbons (Fsp3) is 0.824. The van der Waals surface area contributed by atoms with Gasteiger partial charge in [-0.15, -0.1) is 0 Å². The van der Waals surface area contributed by atoms with E-state index in [1.165, 1.54) is 11.9 Å². The van der Waals surface area contributed by atoms with Crippen LogP contribution < -0.4 is 5.32 Å². The Kier molecular flexibility index (Phi) is 9.62. The summed E-state index contributed by atoms with van der Waals surface area (Å²) in [6.07, 6.45) is 2.29. The normalized spacial score (nSPS) is 17.8. The van der Waals surface area contributed by atoms with Gasteiger partial charge in [-0.25, -0.2) is 0 Å². The van der Waals surface area contributed by atoms with Crippen molar-refractivity contribution in [1.82, 2.24) is 15.3 Å². The second-order valence-electron chi connectivity index (χ2n) is 6.36. The number of rotatable bonds is 12. The lowest BCUT2D eigenvalue weighted by atomic mass is 9.87. The lowest BCUT2D eigenvalue weighted by Gasteiger charge is -2.19. The Labute approximate surface area is 149 Å². The van der Waals surface area contributed by atoms with Crippen LogP contribution in [-0.2, 0) is 19.1 Å². The lowest BCUT2D eigenvalue weighted by Crippen LogP contribution is -2.35. The molecular weight excluding hydrogens is 326 g/mol. The fourth-order valence-electron chi connectivity index (χ4n) is 3.04. The first-order valence-electron chi connectivity index (χ1n) is 8.99. The summed E-state index contributed by atoms with van der Waals surface area (Å²) in [5.41, 5.74) is 0. The van der Waals surface area contributed by atoms with Crippen LogP contribution in [0.2, 0.25) is 0 Å². The highest BCUT2D eigenvalue weighted by atomic mass is 16.5. The molecule has 0 radical (unpaired) electrons. The van der Waals surface area contributed by atoms with E-state index >= 15 is 0 Å². The van der Waals surface area contributed by atoms with Crippen molar-refractivity contribution in [3.8, 4) is 0 Å². The zero-order chi connectivity index (χ0) is 18.8. The Bertz CT molecular complexity index is 452. The maximum Gasteiger partial charge on any atom is 0.233 e. The average Bonchev–Trinajstić information content (AvgIpc) is 2.83. The summed E-state index contributed by atoms with van der Waals surface area (Å²) in [4.78, 5) is 37.2. The Balaban J connectivity index is 2.22. The minimum absolute atomic E-state index is 0.0897. The number of carbonyl (C=O) groups excluding carboxylic acids is 3. The number of nitrogens with one attached hydrogen (secondary N) is 1. The molecule has 1 rings (SSSR count). The van der Waals surface area contributed by atoms with E-state index in [1.54, 1.807) is 0 Å². The van der Waals surface area contributed by atoms with Crippen LogP contribution in [0.1, 0.15) is 39.5 Å². The van der Waals surface area contributed by atoms with Crippen LogP contribution in [0.3, 0.4) is 0 Å². The molecule has 25 heavy (non-hydrogen) atoms. The van der Waals surface area contributed by atoms with Crippen molar-refractivity contribution in [2.45, 2.75) is 39.5 Å². The molecule has 0 aromatic carbocycles. The summed E-state index contributed by atoms with van der Waals surface area (Å²) < 4.78 is 5.37. The second kappa shape index (κ2) is 11.2. The molecule has 0 saturated carbocycles. The molecule has 1 atom stereocenters. The van der Waals surface area contributed by atoms with Gasteiger partial charge >= 0.3 is 0 Å². The average molecular weight is 357 g/mol. The summed E-state index contributed by atoms with van der Waals surface area (Å²) in [5.74, 6) is -0.324. The van der Waals surface area contributed by atoms with Gasteiger partial charge in [0.15, 0.2) is 0 Å². The first-order valence-corrected chi connectivity index (χ1v) is 8.99. The van der Waals surface area contributed by atoms with Crippen LogP contribution in [0.25, 0.3) is 0 Å². The predicted octanol–water partition coefficient (Wildman–Crippen LogP) is 0.642. The molecule has 0 bridgehead atoms. The standard InChI is InChI=1S/C17H31N3O5/c1-4-13(5-2)14-12-16(22)20(17(14)23)9-11-25-10-6-15(21)18-7-8-19(3)24/h13-14,24H,4-12H2,1-3H3,(H,18,21). The number of hydroxylamine groups is 2. The number of amides is 3. The van der Waals surface area contributed by atoms with Crippen molar-refractivity contribution in [2.24, 2.45) is 11.8 Å². The van der Waals surface area contributed by atoms with Crippen LogP contribution in [-0.4, -0.2) is 72.8 Å². The van der Waals surface area contributed by atoms with Gasteiger partial charge in [-0.3, -0.25) is 19.3 Å². The monoisotopic (exact) mass is 357 g/mol. The molecule has 0 aliphatic carbocycles. The van der Waals surface area contributed by atoms with Crippen LogP contribution in [0, 0.1) is 11.8 Å². The van der Waals surface area contributed by atoms with Crippen molar-refractivity contribution < 1.29 is 24.3 Å². The van der Waals surface area contributed by atoms with Crippen molar-refractivity contribution >= 4 is 17.7 Å². The van der Waals surface area contributed by atoms with Gasteiger partial charge in [0.2, 0.25) is 17.7 Å². The number of ether oxygens (including phenoxy) is 1. The SMILES string of the molecule is CCC(CC)C1CC(=O)N(CCOCCC(=O)NCCN(C)O)C1=O. The molecule has 3 amide bonds. The summed E-state index contributed by atoms with van der Waals surface area (Å²) in [7, 11) is 1.50. The topological polar surface area (TPSA) is 99.2 Å². The van der Waals surface area contributed by atoms with Gasteiger partial charge in [-0.2, -0.15) is 5.06 Å². The van der Waals surface area contributed by atoms with E-state index in [0.29, 0.717) is 19.5 Å². The summed E-state index contributed by atoms with van der Waals surface area (Å²) in [6.45, 7) is 5.50. The van der Waals surface area contributed by atoms with E-state index in [2.05, 4.69) is 5.32 Å². The minimum Gasteiger partial charge on any atom is -0.379 e. The van der Waals surface area contributed by atoms with Gasteiger partial charge in [-0.1, -0.05) is 26.7 Å². The van der Waals surface area contributed by atoms with Gasteiger partial charge in [0.05, 0.1) is 25.7 Å². The van der Waals surface area contributed by atoms with E-state index in [-0.39, 0.29) is 55.7 Å². The first-order chi connectivity index (χ1) is 11.9. The van der Waals surface area contributed by atoms with E-state index in [4.69, 9.17) is 9.94 Å². The molecule has 0 aromatic rings. The molecule has 0 aromatic heterocycles. The van der Waals surface area contributed by atoms with Gasteiger partial charge in [0.1, 0.15) is 0 Å². The van der Waals surface area contributed by atoms with Crippen molar-refractivity contribution in [3.05, 3.63) is 0 Å². The molecule has 8 nitrogen and oxygen atoms in total. The van der Waals surface area contributed by atoms with Gasteiger partial charge < -0.3 is 15.3 Å². The summed E-state index contributed by atoms with van der Waals surface area (Å²) in [5, 5.41) is 12.6. The van der Waals surface area contributed by atoms with E-state index in [0.717, 1.165) is 17.9 Å². The maximum atomic E-state index is 12.4. The van der Waals surface area contributed by atoms with Crippen molar-refractivity contribution in [1.29, 1.82) is 0 Å². The molecule has 1 fully saturated rings. The Morgan fingerprint density at radius 1 is 1.36 bits per heavy atom. The first kappa shape index (κ1) is 21.5. The molecule has 1 unspecified atom stereocenters. The number of hydrogen-bond donors (Lipinski definition) is 2. The van der Waals surface area contributed by atoms with Crippen molar-refractivity contribution in [3.63, 3.8) is 0 Å². The molecule has 144 valence electrons. The number of nitrogens with zero attached hydrogens (tertiary/aromatic N) is 2. The number of hydrogen-bond acceptors (Lipinski definition) is 6. The quantitative estimate of drug-likeness (QED) is 0.302. The third-order valence-corrected chi connectivity index (χ3v) is 4.59. The van der Waals surface area contributed by atoms with Crippen LogP contribution in [0.5, 0.6) is 0 Å². The number of carbonyl (C=O) groups is 3. The highest BCUT2D eigenvalue weighted by molar-refractivity contribution is 6.03. The minimum atomic E-state index is -0.196. The highest BCUT2D eigenvalue weighted by Gasteiger charge is 2.41. The van der Waals surface area contributed by atoms with Crippen LogP contribution >= 0.6 is 0 Å². The molecule has 1 saturated heterocycles. The second-order valence-corrected chi connectivity index (χ2v) is 6.36. The molecule has 0 spiro atoms.